The predicted molar refractivity (Wildman–Crippen MR) is 87.6 cm³/mol. The van der Waals surface area contributed by atoms with Crippen LogP contribution in [-0.2, 0) is 4.79 Å². The molecular formula is C15H13ClINO. The second kappa shape index (κ2) is 6.39. The number of alkyl halides is 1. The SMILES string of the molecule is Cc1ccc(I)cc1NC(=O)C(Cl)c1ccccc1. The van der Waals surface area contributed by atoms with Crippen LogP contribution >= 0.6 is 34.2 Å². The van der Waals surface area contributed by atoms with Gasteiger partial charge >= 0.3 is 0 Å². The first-order chi connectivity index (χ1) is 9.08. The number of nitrogens with one attached hydrogen (secondary N) is 1. The Hall–Kier alpha value is -1.07. The smallest absolute Gasteiger partial charge is 0.246 e. The summed E-state index contributed by atoms with van der Waals surface area (Å²) in [6.07, 6.45) is 0. The van der Waals surface area contributed by atoms with E-state index in [1.165, 1.54) is 0 Å². The first kappa shape index (κ1) is 14.3. The minimum Gasteiger partial charge on any atom is -0.324 e. The Bertz CT molecular complexity index is 586. The van der Waals surface area contributed by atoms with E-state index in [9.17, 15) is 4.79 Å². The molecule has 0 fully saturated rings. The second-order valence-corrected chi connectivity index (χ2v) is 5.90. The van der Waals surface area contributed by atoms with Crippen molar-refractivity contribution in [3.63, 3.8) is 0 Å². The maximum absolute atomic E-state index is 12.1. The third kappa shape index (κ3) is 3.70. The van der Waals surface area contributed by atoms with Gasteiger partial charge in [-0.2, -0.15) is 0 Å². The Morgan fingerprint density at radius 3 is 2.58 bits per heavy atom. The highest BCUT2D eigenvalue weighted by molar-refractivity contribution is 14.1. The molecular weight excluding hydrogens is 373 g/mol. The number of aryl methyl sites for hydroxylation is 1. The van der Waals surface area contributed by atoms with Gasteiger partial charge in [0.15, 0.2) is 0 Å². The molecule has 4 heteroatoms. The van der Waals surface area contributed by atoms with Gasteiger partial charge in [-0.05, 0) is 52.8 Å². The van der Waals surface area contributed by atoms with Crippen LogP contribution in [0, 0.1) is 10.5 Å². The van der Waals surface area contributed by atoms with Crippen molar-refractivity contribution in [2.45, 2.75) is 12.3 Å². The number of amides is 1. The number of anilines is 1. The quantitative estimate of drug-likeness (QED) is 0.611. The van der Waals surface area contributed by atoms with Crippen LogP contribution in [-0.4, -0.2) is 5.91 Å². The summed E-state index contributed by atoms with van der Waals surface area (Å²) in [5.74, 6) is -0.210. The minimum atomic E-state index is -0.682. The molecule has 0 aliphatic rings. The molecule has 2 aromatic rings. The van der Waals surface area contributed by atoms with Crippen LogP contribution in [0.2, 0.25) is 0 Å². The molecule has 0 spiro atoms. The van der Waals surface area contributed by atoms with Crippen LogP contribution in [0.1, 0.15) is 16.5 Å². The van der Waals surface area contributed by atoms with Crippen molar-refractivity contribution in [1.82, 2.24) is 0 Å². The molecule has 0 bridgehead atoms. The molecule has 0 heterocycles. The van der Waals surface area contributed by atoms with E-state index in [0.29, 0.717) is 0 Å². The van der Waals surface area contributed by atoms with Crippen LogP contribution in [0.15, 0.2) is 48.5 Å². The van der Waals surface area contributed by atoms with Crippen LogP contribution in [0.5, 0.6) is 0 Å². The van der Waals surface area contributed by atoms with Gasteiger partial charge in [-0.3, -0.25) is 4.79 Å². The summed E-state index contributed by atoms with van der Waals surface area (Å²) in [5, 5.41) is 2.19. The molecule has 0 radical (unpaired) electrons. The zero-order chi connectivity index (χ0) is 13.8. The second-order valence-electron chi connectivity index (χ2n) is 4.22. The summed E-state index contributed by atoms with van der Waals surface area (Å²) in [7, 11) is 0. The lowest BCUT2D eigenvalue weighted by Gasteiger charge is -2.13. The molecule has 1 N–H and O–H groups in total. The number of halogens is 2. The largest absolute Gasteiger partial charge is 0.324 e. The Morgan fingerprint density at radius 1 is 1.21 bits per heavy atom. The van der Waals surface area contributed by atoms with E-state index in [1.54, 1.807) is 0 Å². The van der Waals surface area contributed by atoms with Gasteiger partial charge in [0.2, 0.25) is 5.91 Å². The van der Waals surface area contributed by atoms with Gasteiger partial charge in [0, 0.05) is 9.26 Å². The molecule has 19 heavy (non-hydrogen) atoms. The van der Waals surface area contributed by atoms with Crippen molar-refractivity contribution in [2.24, 2.45) is 0 Å². The number of carbonyl (C=O) groups excluding carboxylic acids is 1. The predicted octanol–water partition coefficient (Wildman–Crippen LogP) is 4.52. The molecule has 1 atom stereocenters. The van der Waals surface area contributed by atoms with Crippen molar-refractivity contribution < 1.29 is 4.79 Å². The number of hydrogen-bond acceptors (Lipinski definition) is 1. The molecule has 0 aliphatic heterocycles. The molecule has 2 aromatic carbocycles. The molecule has 0 aliphatic carbocycles. The fraction of sp³-hybridized carbons (Fsp3) is 0.133. The molecule has 0 aromatic heterocycles. The van der Waals surface area contributed by atoms with E-state index in [2.05, 4.69) is 27.9 Å². The van der Waals surface area contributed by atoms with E-state index in [0.717, 1.165) is 20.4 Å². The van der Waals surface area contributed by atoms with Gasteiger partial charge in [0.1, 0.15) is 5.38 Å². The van der Waals surface area contributed by atoms with Crippen LogP contribution in [0.4, 0.5) is 5.69 Å². The summed E-state index contributed by atoms with van der Waals surface area (Å²) in [5.41, 5.74) is 2.62. The van der Waals surface area contributed by atoms with Crippen molar-refractivity contribution >= 4 is 45.8 Å². The Morgan fingerprint density at radius 2 is 1.89 bits per heavy atom. The number of carbonyl (C=O) groups is 1. The average molecular weight is 386 g/mol. The first-order valence-corrected chi connectivity index (χ1v) is 7.35. The van der Waals surface area contributed by atoms with Crippen molar-refractivity contribution in [3.05, 3.63) is 63.2 Å². The number of benzene rings is 2. The average Bonchev–Trinajstić information content (AvgIpc) is 2.43. The maximum atomic E-state index is 12.1. The van der Waals surface area contributed by atoms with Crippen molar-refractivity contribution in [1.29, 1.82) is 0 Å². The van der Waals surface area contributed by atoms with Gasteiger partial charge in [0.25, 0.3) is 0 Å². The highest BCUT2D eigenvalue weighted by Crippen LogP contribution is 2.24. The summed E-state index contributed by atoms with van der Waals surface area (Å²) < 4.78 is 1.07. The summed E-state index contributed by atoms with van der Waals surface area (Å²) in [4.78, 5) is 12.1. The molecule has 0 saturated carbocycles. The van der Waals surface area contributed by atoms with Gasteiger partial charge in [-0.15, -0.1) is 11.6 Å². The van der Waals surface area contributed by atoms with E-state index in [4.69, 9.17) is 11.6 Å². The van der Waals surface area contributed by atoms with Gasteiger partial charge in [-0.1, -0.05) is 36.4 Å². The maximum Gasteiger partial charge on any atom is 0.246 e. The number of hydrogen-bond donors (Lipinski definition) is 1. The van der Waals surface area contributed by atoms with E-state index >= 15 is 0 Å². The zero-order valence-corrected chi connectivity index (χ0v) is 13.3. The first-order valence-electron chi connectivity index (χ1n) is 5.84. The molecule has 0 saturated heterocycles. The topological polar surface area (TPSA) is 29.1 Å². The van der Waals surface area contributed by atoms with E-state index in [-0.39, 0.29) is 5.91 Å². The summed E-state index contributed by atoms with van der Waals surface area (Å²) in [6.45, 7) is 1.96. The molecule has 98 valence electrons. The molecule has 1 amide bonds. The lowest BCUT2D eigenvalue weighted by Crippen LogP contribution is -2.18. The Balaban J connectivity index is 2.15. The van der Waals surface area contributed by atoms with Crippen molar-refractivity contribution in [2.75, 3.05) is 5.32 Å². The van der Waals surface area contributed by atoms with Gasteiger partial charge in [-0.25, -0.2) is 0 Å². The van der Waals surface area contributed by atoms with Crippen LogP contribution in [0.3, 0.4) is 0 Å². The third-order valence-electron chi connectivity index (χ3n) is 2.78. The Labute approximate surface area is 131 Å². The van der Waals surface area contributed by atoms with E-state index < -0.39 is 5.38 Å². The van der Waals surface area contributed by atoms with E-state index in [1.807, 2.05) is 55.5 Å². The fourth-order valence-corrected chi connectivity index (χ4v) is 2.39. The Kier molecular flexibility index (Phi) is 4.82. The lowest BCUT2D eigenvalue weighted by atomic mass is 10.1. The minimum absolute atomic E-state index is 0.210. The van der Waals surface area contributed by atoms with Gasteiger partial charge in [0.05, 0.1) is 0 Å². The zero-order valence-electron chi connectivity index (χ0n) is 10.4. The highest BCUT2D eigenvalue weighted by atomic mass is 127. The summed E-state index contributed by atoms with van der Waals surface area (Å²) in [6, 6.07) is 15.2. The molecule has 2 rings (SSSR count). The van der Waals surface area contributed by atoms with Crippen LogP contribution in [0.25, 0.3) is 0 Å². The highest BCUT2D eigenvalue weighted by Gasteiger charge is 2.17. The molecule has 2 nitrogen and oxygen atoms in total. The summed E-state index contributed by atoms with van der Waals surface area (Å²) >= 11 is 8.40. The van der Waals surface area contributed by atoms with Crippen molar-refractivity contribution in [3.8, 4) is 0 Å². The fourth-order valence-electron chi connectivity index (χ4n) is 1.70. The number of rotatable bonds is 3. The monoisotopic (exact) mass is 385 g/mol. The van der Waals surface area contributed by atoms with Gasteiger partial charge < -0.3 is 5.32 Å². The standard InChI is InChI=1S/C15H13ClINO/c1-10-7-8-12(17)9-13(10)18-15(19)14(16)11-5-3-2-4-6-11/h2-9,14H,1H3,(H,18,19). The van der Waals surface area contributed by atoms with Crippen LogP contribution < -0.4 is 5.32 Å². The third-order valence-corrected chi connectivity index (χ3v) is 3.90. The lowest BCUT2D eigenvalue weighted by molar-refractivity contribution is -0.116. The molecule has 1 unspecified atom stereocenters. The normalized spacial score (nSPS) is 11.9.